The number of rotatable bonds is 4. The van der Waals surface area contributed by atoms with Crippen molar-refractivity contribution >= 4 is 29.0 Å². The highest BCUT2D eigenvalue weighted by Gasteiger charge is 2.14. The van der Waals surface area contributed by atoms with E-state index < -0.39 is 0 Å². The Bertz CT molecular complexity index is 786. The number of hydrogen-bond donors (Lipinski definition) is 0. The Hall–Kier alpha value is -1.66. The first-order valence-electron chi connectivity index (χ1n) is 6.69. The summed E-state index contributed by atoms with van der Waals surface area (Å²) in [6.45, 7) is 4.01. The molecule has 3 aromatic heterocycles. The van der Waals surface area contributed by atoms with Gasteiger partial charge in [-0.05, 0) is 37.2 Å². The molecule has 0 aliphatic rings. The van der Waals surface area contributed by atoms with Crippen molar-refractivity contribution in [1.82, 2.24) is 24.6 Å². The van der Waals surface area contributed by atoms with Crippen LogP contribution in [0, 0.1) is 6.92 Å². The first kappa shape index (κ1) is 14.3. The van der Waals surface area contributed by atoms with E-state index in [0.717, 1.165) is 40.1 Å². The highest BCUT2D eigenvalue weighted by atomic mass is 35.5. The van der Waals surface area contributed by atoms with Gasteiger partial charge in [-0.25, -0.2) is 9.97 Å². The minimum Gasteiger partial charge on any atom is -0.277 e. The molecule has 108 valence electrons. The van der Waals surface area contributed by atoms with Gasteiger partial charge in [0.2, 0.25) is 5.16 Å². The van der Waals surface area contributed by atoms with E-state index in [2.05, 4.69) is 27.1 Å². The molecule has 7 heteroatoms. The number of fused-ring (bicyclic) bond motifs is 1. The summed E-state index contributed by atoms with van der Waals surface area (Å²) in [4.78, 5) is 8.90. The zero-order valence-corrected chi connectivity index (χ0v) is 13.3. The van der Waals surface area contributed by atoms with Gasteiger partial charge in [0.1, 0.15) is 16.0 Å². The van der Waals surface area contributed by atoms with Gasteiger partial charge in [-0.2, -0.15) is 0 Å². The summed E-state index contributed by atoms with van der Waals surface area (Å²) in [6, 6.07) is 5.80. The van der Waals surface area contributed by atoms with Crippen LogP contribution in [-0.2, 0) is 6.42 Å². The lowest BCUT2D eigenvalue weighted by molar-refractivity contribution is 0.799. The third-order valence-corrected chi connectivity index (χ3v) is 4.45. The van der Waals surface area contributed by atoms with Crippen molar-refractivity contribution in [3.05, 3.63) is 40.9 Å². The number of nitrogens with zero attached hydrogens (tertiary/aromatic N) is 5. The Morgan fingerprint density at radius 3 is 2.90 bits per heavy atom. The predicted octanol–water partition coefficient (Wildman–Crippen LogP) is 3.58. The summed E-state index contributed by atoms with van der Waals surface area (Å²) in [6.07, 6.45) is 3.73. The van der Waals surface area contributed by atoms with Crippen molar-refractivity contribution in [3.8, 4) is 0 Å². The van der Waals surface area contributed by atoms with E-state index in [4.69, 9.17) is 11.6 Å². The fourth-order valence-corrected chi connectivity index (χ4v) is 3.07. The van der Waals surface area contributed by atoms with E-state index in [-0.39, 0.29) is 0 Å². The van der Waals surface area contributed by atoms with Gasteiger partial charge in [0, 0.05) is 18.2 Å². The largest absolute Gasteiger partial charge is 0.277 e. The van der Waals surface area contributed by atoms with Crippen LogP contribution in [0.25, 0.3) is 5.65 Å². The minimum absolute atomic E-state index is 0.504. The topological polar surface area (TPSA) is 56.0 Å². The zero-order valence-electron chi connectivity index (χ0n) is 11.7. The molecular formula is C14H14ClN5S. The van der Waals surface area contributed by atoms with E-state index >= 15 is 0 Å². The quantitative estimate of drug-likeness (QED) is 0.688. The number of aryl methyl sites for hydroxylation is 1. The van der Waals surface area contributed by atoms with Gasteiger partial charge in [0.05, 0.1) is 0 Å². The Kier molecular flexibility index (Phi) is 4.07. The Morgan fingerprint density at radius 2 is 2.10 bits per heavy atom. The molecule has 0 unspecified atom stereocenters. The normalized spacial score (nSPS) is 11.2. The van der Waals surface area contributed by atoms with Crippen LogP contribution in [0.4, 0.5) is 0 Å². The van der Waals surface area contributed by atoms with Crippen molar-refractivity contribution in [3.63, 3.8) is 0 Å². The molecule has 3 rings (SSSR count). The van der Waals surface area contributed by atoms with Gasteiger partial charge in [-0.1, -0.05) is 24.6 Å². The molecular weight excluding hydrogens is 306 g/mol. The summed E-state index contributed by atoms with van der Waals surface area (Å²) < 4.78 is 1.93. The van der Waals surface area contributed by atoms with Gasteiger partial charge in [0.15, 0.2) is 5.65 Å². The summed E-state index contributed by atoms with van der Waals surface area (Å²) in [5, 5.41) is 10.5. The van der Waals surface area contributed by atoms with Gasteiger partial charge < -0.3 is 0 Å². The van der Waals surface area contributed by atoms with Gasteiger partial charge in [-0.3, -0.25) is 4.40 Å². The van der Waals surface area contributed by atoms with Crippen molar-refractivity contribution in [2.24, 2.45) is 0 Å². The third kappa shape index (κ3) is 2.87. The van der Waals surface area contributed by atoms with Crippen LogP contribution in [0.15, 0.2) is 34.6 Å². The second-order valence-electron chi connectivity index (χ2n) is 4.62. The Balaban J connectivity index is 2.01. The average Bonchev–Trinajstić information content (AvgIpc) is 2.88. The smallest absolute Gasteiger partial charge is 0.201 e. The van der Waals surface area contributed by atoms with Crippen molar-refractivity contribution < 1.29 is 0 Å². The van der Waals surface area contributed by atoms with Crippen molar-refractivity contribution in [2.75, 3.05) is 0 Å². The lowest BCUT2D eigenvalue weighted by Crippen LogP contribution is -2.00. The lowest BCUT2D eigenvalue weighted by atomic mass is 10.3. The molecule has 0 amide bonds. The van der Waals surface area contributed by atoms with E-state index in [0.29, 0.717) is 5.15 Å². The highest BCUT2D eigenvalue weighted by molar-refractivity contribution is 7.99. The van der Waals surface area contributed by atoms with Crippen LogP contribution >= 0.6 is 23.4 Å². The summed E-state index contributed by atoms with van der Waals surface area (Å²) in [5.41, 5.74) is 1.68. The monoisotopic (exact) mass is 319 g/mol. The first-order chi connectivity index (χ1) is 10.2. The van der Waals surface area contributed by atoms with Crippen molar-refractivity contribution in [1.29, 1.82) is 0 Å². The zero-order chi connectivity index (χ0) is 14.8. The summed E-state index contributed by atoms with van der Waals surface area (Å²) in [5.74, 6) is 0.768. The summed E-state index contributed by atoms with van der Waals surface area (Å²) >= 11 is 7.66. The van der Waals surface area contributed by atoms with Gasteiger partial charge >= 0.3 is 0 Å². The predicted molar refractivity (Wildman–Crippen MR) is 82.9 cm³/mol. The second kappa shape index (κ2) is 5.99. The molecule has 0 aliphatic carbocycles. The molecule has 0 spiro atoms. The fraction of sp³-hybridized carbons (Fsp3) is 0.286. The maximum Gasteiger partial charge on any atom is 0.201 e. The molecule has 0 atom stereocenters. The van der Waals surface area contributed by atoms with E-state index in [1.54, 1.807) is 0 Å². The third-order valence-electron chi connectivity index (χ3n) is 3.03. The Labute approximate surface area is 131 Å². The number of pyridine rings is 1. The molecule has 0 aliphatic heterocycles. The molecule has 0 fully saturated rings. The molecule has 0 bridgehead atoms. The summed E-state index contributed by atoms with van der Waals surface area (Å²) in [7, 11) is 0. The van der Waals surface area contributed by atoms with Crippen LogP contribution in [0.1, 0.15) is 24.7 Å². The van der Waals surface area contributed by atoms with E-state index in [1.165, 1.54) is 11.8 Å². The molecule has 5 nitrogen and oxygen atoms in total. The lowest BCUT2D eigenvalue weighted by Gasteiger charge is -2.07. The first-order valence-corrected chi connectivity index (χ1v) is 7.89. The van der Waals surface area contributed by atoms with Crippen LogP contribution in [0.2, 0.25) is 5.15 Å². The van der Waals surface area contributed by atoms with E-state index in [1.807, 2.05) is 35.7 Å². The molecule has 3 heterocycles. The maximum atomic E-state index is 6.21. The minimum atomic E-state index is 0.504. The number of aromatic nitrogens is 5. The molecule has 0 radical (unpaired) electrons. The maximum absolute atomic E-state index is 6.21. The Morgan fingerprint density at radius 1 is 1.24 bits per heavy atom. The van der Waals surface area contributed by atoms with Crippen molar-refractivity contribution in [2.45, 2.75) is 36.9 Å². The standard InChI is InChI=1S/C14H14ClN5S/c1-3-6-10-16-12(15)9(2)13(17-10)21-14-19-18-11-7-4-5-8-20(11)14/h4-5,7-8H,3,6H2,1-2H3. The molecule has 21 heavy (non-hydrogen) atoms. The van der Waals surface area contributed by atoms with Crippen LogP contribution in [0.3, 0.4) is 0 Å². The molecule has 0 saturated carbocycles. The van der Waals surface area contributed by atoms with Crippen LogP contribution < -0.4 is 0 Å². The number of hydrogen-bond acceptors (Lipinski definition) is 5. The van der Waals surface area contributed by atoms with E-state index in [9.17, 15) is 0 Å². The molecule has 0 saturated heterocycles. The average molecular weight is 320 g/mol. The molecule has 0 N–H and O–H groups in total. The molecule has 3 aromatic rings. The van der Waals surface area contributed by atoms with Crippen LogP contribution in [0.5, 0.6) is 0 Å². The van der Waals surface area contributed by atoms with Gasteiger partial charge in [0.25, 0.3) is 0 Å². The highest BCUT2D eigenvalue weighted by Crippen LogP contribution is 2.30. The van der Waals surface area contributed by atoms with Crippen LogP contribution in [-0.4, -0.2) is 24.6 Å². The van der Waals surface area contributed by atoms with Gasteiger partial charge in [-0.15, -0.1) is 10.2 Å². The second-order valence-corrected chi connectivity index (χ2v) is 5.94. The SMILES string of the molecule is CCCc1nc(Cl)c(C)c(Sc2nnc3ccccn23)n1. The molecule has 0 aromatic carbocycles. The fourth-order valence-electron chi connectivity index (χ4n) is 1.92. The number of halogens is 1.